The van der Waals surface area contributed by atoms with Crippen LogP contribution in [0.1, 0.15) is 33.2 Å². The minimum Gasteiger partial charge on any atom is -0.462 e. The van der Waals surface area contributed by atoms with Crippen molar-refractivity contribution in [3.05, 3.63) is 74.7 Å². The number of nitrogen functional groups attached to an aromatic ring is 1. The number of carbonyl (C=O) groups is 2. The topological polar surface area (TPSA) is 69.4 Å². The van der Waals surface area contributed by atoms with Gasteiger partial charge in [0.1, 0.15) is 10.6 Å². The molecule has 1 aromatic heterocycles. The predicted octanol–water partition coefficient (Wildman–Crippen LogP) is 5.82. The van der Waals surface area contributed by atoms with E-state index in [1.54, 1.807) is 31.2 Å². The summed E-state index contributed by atoms with van der Waals surface area (Å²) in [6.07, 6.45) is 0. The number of anilines is 1. The van der Waals surface area contributed by atoms with Gasteiger partial charge in [0.2, 0.25) is 0 Å². The van der Waals surface area contributed by atoms with Crippen LogP contribution in [0.2, 0.25) is 5.02 Å². The van der Waals surface area contributed by atoms with Crippen molar-refractivity contribution >= 4 is 55.6 Å². The van der Waals surface area contributed by atoms with Gasteiger partial charge in [-0.05, 0) is 37.3 Å². The van der Waals surface area contributed by atoms with Gasteiger partial charge in [-0.1, -0.05) is 45.7 Å². The normalized spacial score (nSPS) is 10.6. The second kappa shape index (κ2) is 8.25. The molecular formula is C20H15BrClNO3S. The fourth-order valence-electron chi connectivity index (χ4n) is 2.65. The number of ether oxygens (including phenoxy) is 1. The number of halogens is 2. The predicted molar refractivity (Wildman–Crippen MR) is 113 cm³/mol. The molecule has 2 aromatic carbocycles. The third-order valence-electron chi connectivity index (χ3n) is 3.87. The first-order chi connectivity index (χ1) is 12.9. The minimum absolute atomic E-state index is 0.104. The van der Waals surface area contributed by atoms with Crippen molar-refractivity contribution in [1.82, 2.24) is 0 Å². The van der Waals surface area contributed by atoms with Crippen molar-refractivity contribution in [1.29, 1.82) is 0 Å². The summed E-state index contributed by atoms with van der Waals surface area (Å²) >= 11 is 10.6. The lowest BCUT2D eigenvalue weighted by molar-refractivity contribution is 0.0525. The number of hydrogen-bond donors (Lipinski definition) is 1. The SMILES string of the molecule is CCOC(=O)c1c(N)sc(-c2ccccc2Br)c1C(=O)c1ccc(Cl)cc1. The van der Waals surface area contributed by atoms with Gasteiger partial charge in [-0.25, -0.2) is 4.79 Å². The maximum absolute atomic E-state index is 13.3. The molecule has 1 heterocycles. The average molecular weight is 465 g/mol. The van der Waals surface area contributed by atoms with E-state index in [0.29, 0.717) is 15.5 Å². The molecule has 3 aromatic rings. The molecule has 0 atom stereocenters. The van der Waals surface area contributed by atoms with Crippen LogP contribution in [-0.2, 0) is 4.74 Å². The lowest BCUT2D eigenvalue weighted by atomic mass is 9.97. The van der Waals surface area contributed by atoms with E-state index in [4.69, 9.17) is 22.1 Å². The molecule has 138 valence electrons. The largest absolute Gasteiger partial charge is 0.462 e. The first-order valence-corrected chi connectivity index (χ1v) is 10.1. The van der Waals surface area contributed by atoms with Crippen LogP contribution in [0.15, 0.2) is 53.0 Å². The van der Waals surface area contributed by atoms with Crippen LogP contribution in [0, 0.1) is 0 Å². The van der Waals surface area contributed by atoms with Crippen molar-refractivity contribution < 1.29 is 14.3 Å². The smallest absolute Gasteiger partial charge is 0.341 e. The molecule has 7 heteroatoms. The molecule has 3 rings (SSSR count). The van der Waals surface area contributed by atoms with Crippen LogP contribution in [0.25, 0.3) is 10.4 Å². The molecule has 27 heavy (non-hydrogen) atoms. The Morgan fingerprint density at radius 2 is 1.78 bits per heavy atom. The van der Waals surface area contributed by atoms with Crippen molar-refractivity contribution in [2.24, 2.45) is 0 Å². The van der Waals surface area contributed by atoms with Gasteiger partial charge < -0.3 is 10.5 Å². The zero-order valence-electron chi connectivity index (χ0n) is 14.3. The molecule has 0 radical (unpaired) electrons. The van der Waals surface area contributed by atoms with Crippen LogP contribution in [0.3, 0.4) is 0 Å². The summed E-state index contributed by atoms with van der Waals surface area (Å²) in [4.78, 5) is 26.4. The summed E-state index contributed by atoms with van der Waals surface area (Å²) in [6, 6.07) is 14.0. The molecule has 0 aliphatic rings. The first-order valence-electron chi connectivity index (χ1n) is 8.08. The summed E-state index contributed by atoms with van der Waals surface area (Å²) < 4.78 is 5.93. The number of nitrogens with two attached hydrogens (primary N) is 1. The van der Waals surface area contributed by atoms with Gasteiger partial charge in [0.15, 0.2) is 5.78 Å². The van der Waals surface area contributed by atoms with Crippen molar-refractivity contribution in [2.75, 3.05) is 12.3 Å². The summed E-state index contributed by atoms with van der Waals surface area (Å²) in [5.74, 6) is -0.921. The van der Waals surface area contributed by atoms with Crippen molar-refractivity contribution in [2.45, 2.75) is 6.92 Å². The average Bonchev–Trinajstić information content (AvgIpc) is 2.99. The quantitative estimate of drug-likeness (QED) is 0.381. The Kier molecular flexibility index (Phi) is 5.99. The molecule has 0 unspecified atom stereocenters. The van der Waals surface area contributed by atoms with Gasteiger partial charge in [-0.2, -0.15) is 0 Å². The number of carbonyl (C=O) groups excluding carboxylic acids is 2. The molecule has 0 saturated carbocycles. The van der Waals surface area contributed by atoms with E-state index in [1.165, 1.54) is 11.3 Å². The van der Waals surface area contributed by atoms with Gasteiger partial charge >= 0.3 is 5.97 Å². The Labute approximate surface area is 174 Å². The highest BCUT2D eigenvalue weighted by atomic mass is 79.9. The van der Waals surface area contributed by atoms with Crippen LogP contribution >= 0.6 is 38.9 Å². The molecule has 0 fully saturated rings. The standard InChI is InChI=1S/C20H15BrClNO3S/c1-2-26-20(25)16-15(17(24)11-7-9-12(22)10-8-11)18(27-19(16)23)13-5-3-4-6-14(13)21/h3-10H,2,23H2,1H3. The van der Waals surface area contributed by atoms with Crippen LogP contribution < -0.4 is 5.73 Å². The van der Waals surface area contributed by atoms with E-state index >= 15 is 0 Å². The highest BCUT2D eigenvalue weighted by molar-refractivity contribution is 9.10. The molecule has 2 N–H and O–H groups in total. The Bertz CT molecular complexity index is 1010. The zero-order chi connectivity index (χ0) is 19.6. The van der Waals surface area contributed by atoms with Crippen LogP contribution in [0.4, 0.5) is 5.00 Å². The minimum atomic E-state index is -0.609. The van der Waals surface area contributed by atoms with Crippen molar-refractivity contribution in [3.63, 3.8) is 0 Å². The number of rotatable bonds is 5. The molecule has 0 saturated heterocycles. The number of esters is 1. The van der Waals surface area contributed by atoms with E-state index in [1.807, 2.05) is 24.3 Å². The number of hydrogen-bond acceptors (Lipinski definition) is 5. The second-order valence-corrected chi connectivity index (χ2v) is 7.92. The van der Waals surface area contributed by atoms with Crippen LogP contribution in [-0.4, -0.2) is 18.4 Å². The van der Waals surface area contributed by atoms with E-state index in [-0.39, 0.29) is 28.5 Å². The lowest BCUT2D eigenvalue weighted by Gasteiger charge is -2.09. The zero-order valence-corrected chi connectivity index (χ0v) is 17.5. The maximum atomic E-state index is 13.3. The maximum Gasteiger partial charge on any atom is 0.341 e. The fraction of sp³-hybridized carbons (Fsp3) is 0.100. The molecule has 0 spiro atoms. The number of thiophene rings is 1. The van der Waals surface area contributed by atoms with Gasteiger partial charge in [0, 0.05) is 25.5 Å². The Morgan fingerprint density at radius 3 is 2.41 bits per heavy atom. The molecule has 0 bridgehead atoms. The Balaban J connectivity index is 2.25. The third kappa shape index (κ3) is 3.93. The Hall–Kier alpha value is -2.15. The molecule has 0 amide bonds. The molecule has 0 aliphatic carbocycles. The molecule has 0 aliphatic heterocycles. The van der Waals surface area contributed by atoms with Crippen molar-refractivity contribution in [3.8, 4) is 10.4 Å². The Morgan fingerprint density at radius 1 is 1.11 bits per heavy atom. The van der Waals surface area contributed by atoms with E-state index in [2.05, 4.69) is 15.9 Å². The van der Waals surface area contributed by atoms with E-state index in [0.717, 1.165) is 10.0 Å². The van der Waals surface area contributed by atoms with E-state index in [9.17, 15) is 9.59 Å². The van der Waals surface area contributed by atoms with E-state index < -0.39 is 5.97 Å². The fourth-order valence-corrected chi connectivity index (χ4v) is 4.48. The van der Waals surface area contributed by atoms with Gasteiger partial charge in [0.25, 0.3) is 0 Å². The summed E-state index contributed by atoms with van der Waals surface area (Å²) in [5.41, 5.74) is 7.67. The van der Waals surface area contributed by atoms with Gasteiger partial charge in [-0.15, -0.1) is 11.3 Å². The van der Waals surface area contributed by atoms with Crippen LogP contribution in [0.5, 0.6) is 0 Å². The lowest BCUT2D eigenvalue weighted by Crippen LogP contribution is -2.13. The summed E-state index contributed by atoms with van der Waals surface area (Å²) in [6.45, 7) is 1.89. The number of ketones is 1. The number of benzene rings is 2. The molecule has 4 nitrogen and oxygen atoms in total. The highest BCUT2D eigenvalue weighted by Gasteiger charge is 2.30. The first kappa shape index (κ1) is 19.6. The van der Waals surface area contributed by atoms with Gasteiger partial charge in [-0.3, -0.25) is 4.79 Å². The monoisotopic (exact) mass is 463 g/mol. The summed E-state index contributed by atoms with van der Waals surface area (Å²) in [7, 11) is 0. The second-order valence-electron chi connectivity index (χ2n) is 5.58. The van der Waals surface area contributed by atoms with Gasteiger partial charge in [0.05, 0.1) is 12.2 Å². The third-order valence-corrected chi connectivity index (χ3v) is 5.86. The molecular weight excluding hydrogens is 450 g/mol. The summed E-state index contributed by atoms with van der Waals surface area (Å²) in [5, 5.41) is 0.768. The highest BCUT2D eigenvalue weighted by Crippen LogP contribution is 2.42.